The molecule has 0 aromatic heterocycles. The first-order valence-corrected chi connectivity index (χ1v) is 7.19. The Morgan fingerprint density at radius 1 is 1.19 bits per heavy atom. The molecule has 0 aliphatic carbocycles. The van der Waals surface area contributed by atoms with Crippen LogP contribution in [0.1, 0.15) is 50.3 Å². The van der Waals surface area contributed by atoms with Crippen LogP contribution in [0.4, 0.5) is 0 Å². The van der Waals surface area contributed by atoms with Gasteiger partial charge in [0.25, 0.3) is 0 Å². The smallest absolute Gasteiger partial charge is 0.329 e. The minimum Gasteiger partial charge on any atom is -0.480 e. The number of aliphatic carboxylic acids is 1. The van der Waals surface area contributed by atoms with Gasteiger partial charge in [0.05, 0.1) is 0 Å². The van der Waals surface area contributed by atoms with Crippen LogP contribution in [0.3, 0.4) is 0 Å². The lowest BCUT2D eigenvalue weighted by atomic mass is 9.96. The van der Waals surface area contributed by atoms with E-state index in [9.17, 15) is 9.59 Å². The van der Waals surface area contributed by atoms with Crippen molar-refractivity contribution in [3.8, 4) is 0 Å². The van der Waals surface area contributed by atoms with Crippen LogP contribution in [0, 0.1) is 20.8 Å². The van der Waals surface area contributed by atoms with Gasteiger partial charge in [-0.3, -0.25) is 4.79 Å². The standard InChI is InChI=1S/C9H12.C8H15NO3/c1-7-5-4-6-8(2)9(7)3;1-4-5-8(3,7(11)12)9-6(2)10/h4-6H,1-3H3;4-5H2,1-3H3,(H,9,10)(H,11,12). The molecule has 1 unspecified atom stereocenters. The maximum Gasteiger partial charge on any atom is 0.329 e. The molecule has 4 nitrogen and oxygen atoms in total. The monoisotopic (exact) mass is 293 g/mol. The van der Waals surface area contributed by atoms with E-state index < -0.39 is 11.5 Å². The van der Waals surface area contributed by atoms with Gasteiger partial charge in [0.15, 0.2) is 0 Å². The van der Waals surface area contributed by atoms with Crippen molar-refractivity contribution in [2.45, 2.75) is 59.9 Å². The first-order valence-electron chi connectivity index (χ1n) is 7.19. The van der Waals surface area contributed by atoms with Crippen molar-refractivity contribution in [2.75, 3.05) is 0 Å². The quantitative estimate of drug-likeness (QED) is 0.894. The summed E-state index contributed by atoms with van der Waals surface area (Å²) < 4.78 is 0. The van der Waals surface area contributed by atoms with Gasteiger partial charge in [0, 0.05) is 6.92 Å². The second-order valence-corrected chi connectivity index (χ2v) is 5.59. The van der Waals surface area contributed by atoms with E-state index in [1.807, 2.05) is 6.92 Å². The average molecular weight is 293 g/mol. The fraction of sp³-hybridized carbons (Fsp3) is 0.529. The number of carbonyl (C=O) groups excluding carboxylic acids is 1. The van der Waals surface area contributed by atoms with Gasteiger partial charge >= 0.3 is 5.97 Å². The zero-order valence-corrected chi connectivity index (χ0v) is 13.9. The molecule has 1 atom stereocenters. The number of aryl methyl sites for hydroxylation is 2. The number of carboxylic acid groups (broad SMARTS) is 1. The van der Waals surface area contributed by atoms with Gasteiger partial charge in [-0.15, -0.1) is 0 Å². The molecule has 0 bridgehead atoms. The van der Waals surface area contributed by atoms with Crippen LogP contribution < -0.4 is 5.32 Å². The summed E-state index contributed by atoms with van der Waals surface area (Å²) >= 11 is 0. The number of carboxylic acids is 1. The van der Waals surface area contributed by atoms with E-state index in [0.717, 1.165) is 6.42 Å². The topological polar surface area (TPSA) is 66.4 Å². The number of rotatable bonds is 4. The third-order valence-electron chi connectivity index (χ3n) is 3.55. The van der Waals surface area contributed by atoms with Crippen LogP contribution in [-0.2, 0) is 9.59 Å². The lowest BCUT2D eigenvalue weighted by molar-refractivity contribution is -0.146. The molecule has 0 aliphatic rings. The average Bonchev–Trinajstić information content (AvgIpc) is 2.36. The minimum atomic E-state index is -1.11. The fourth-order valence-electron chi connectivity index (χ4n) is 2.01. The van der Waals surface area contributed by atoms with Crippen molar-refractivity contribution in [1.29, 1.82) is 0 Å². The van der Waals surface area contributed by atoms with Gasteiger partial charge in [0.2, 0.25) is 5.91 Å². The zero-order chi connectivity index (χ0) is 16.6. The normalized spacial score (nSPS) is 12.7. The van der Waals surface area contributed by atoms with Crippen molar-refractivity contribution in [2.24, 2.45) is 0 Å². The first-order chi connectivity index (χ1) is 9.64. The Hall–Kier alpha value is -1.84. The summed E-state index contributed by atoms with van der Waals surface area (Å²) in [6, 6.07) is 6.38. The molecule has 1 aromatic rings. The van der Waals surface area contributed by atoms with Gasteiger partial charge < -0.3 is 10.4 Å². The molecule has 1 amide bonds. The Labute approximate surface area is 127 Å². The van der Waals surface area contributed by atoms with Gasteiger partial charge in [-0.2, -0.15) is 0 Å². The molecule has 2 N–H and O–H groups in total. The van der Waals surface area contributed by atoms with E-state index >= 15 is 0 Å². The van der Waals surface area contributed by atoms with Crippen molar-refractivity contribution in [1.82, 2.24) is 5.32 Å². The molecule has 0 saturated carbocycles. The van der Waals surface area contributed by atoms with Crippen LogP contribution in [-0.4, -0.2) is 22.5 Å². The Morgan fingerprint density at radius 3 is 1.95 bits per heavy atom. The highest BCUT2D eigenvalue weighted by molar-refractivity contribution is 5.85. The molecule has 0 spiro atoms. The Balaban J connectivity index is 0.000000394. The lowest BCUT2D eigenvalue weighted by Gasteiger charge is -2.24. The molecule has 1 aromatic carbocycles. The van der Waals surface area contributed by atoms with Crippen molar-refractivity contribution < 1.29 is 14.7 Å². The number of nitrogens with one attached hydrogen (secondary N) is 1. The Morgan fingerprint density at radius 2 is 1.67 bits per heavy atom. The van der Waals surface area contributed by atoms with Gasteiger partial charge in [-0.05, 0) is 50.8 Å². The summed E-state index contributed by atoms with van der Waals surface area (Å²) in [5, 5.41) is 11.2. The number of amides is 1. The van der Waals surface area contributed by atoms with Crippen LogP contribution in [0.25, 0.3) is 0 Å². The lowest BCUT2D eigenvalue weighted by Crippen LogP contribution is -2.51. The van der Waals surface area contributed by atoms with Crippen LogP contribution >= 0.6 is 0 Å². The number of benzene rings is 1. The maximum atomic E-state index is 10.7. The summed E-state index contributed by atoms with van der Waals surface area (Å²) in [5.74, 6) is -1.30. The van der Waals surface area contributed by atoms with E-state index in [1.165, 1.54) is 30.5 Å². The molecular weight excluding hydrogens is 266 g/mol. The summed E-state index contributed by atoms with van der Waals surface area (Å²) in [6.45, 7) is 11.1. The van der Waals surface area contributed by atoms with E-state index in [4.69, 9.17) is 5.11 Å². The highest BCUT2D eigenvalue weighted by Crippen LogP contribution is 2.12. The number of carbonyl (C=O) groups is 2. The molecule has 0 aliphatic heterocycles. The third-order valence-corrected chi connectivity index (χ3v) is 3.55. The largest absolute Gasteiger partial charge is 0.480 e. The molecule has 0 radical (unpaired) electrons. The first kappa shape index (κ1) is 19.2. The fourth-order valence-corrected chi connectivity index (χ4v) is 2.01. The van der Waals surface area contributed by atoms with Crippen molar-refractivity contribution >= 4 is 11.9 Å². The van der Waals surface area contributed by atoms with Crippen molar-refractivity contribution in [3.05, 3.63) is 34.9 Å². The molecule has 0 saturated heterocycles. The molecule has 0 heterocycles. The summed E-state index contributed by atoms with van der Waals surface area (Å²) in [5.41, 5.74) is 3.07. The summed E-state index contributed by atoms with van der Waals surface area (Å²) in [6.07, 6.45) is 1.17. The van der Waals surface area contributed by atoms with E-state index in [-0.39, 0.29) is 5.91 Å². The SMILES string of the molecule is CCCC(C)(NC(C)=O)C(=O)O.Cc1cccc(C)c1C. The third kappa shape index (κ3) is 6.43. The molecule has 0 fully saturated rings. The summed E-state index contributed by atoms with van der Waals surface area (Å²) in [7, 11) is 0. The number of hydrogen-bond donors (Lipinski definition) is 2. The number of hydrogen-bond acceptors (Lipinski definition) is 2. The van der Waals surface area contributed by atoms with E-state index in [2.05, 4.69) is 44.3 Å². The predicted octanol–water partition coefficient (Wildman–Crippen LogP) is 3.38. The molecule has 21 heavy (non-hydrogen) atoms. The summed E-state index contributed by atoms with van der Waals surface area (Å²) in [4.78, 5) is 21.4. The zero-order valence-electron chi connectivity index (χ0n) is 13.9. The molecule has 4 heteroatoms. The maximum absolute atomic E-state index is 10.7. The minimum absolute atomic E-state index is 0.312. The second kappa shape index (κ2) is 8.45. The van der Waals surface area contributed by atoms with Crippen LogP contribution in [0.5, 0.6) is 0 Å². The molecule has 118 valence electrons. The van der Waals surface area contributed by atoms with Gasteiger partial charge in [-0.25, -0.2) is 4.79 Å². The molecular formula is C17H27NO3. The highest BCUT2D eigenvalue weighted by atomic mass is 16.4. The predicted molar refractivity (Wildman–Crippen MR) is 85.4 cm³/mol. The van der Waals surface area contributed by atoms with Crippen LogP contribution in [0.2, 0.25) is 0 Å². The van der Waals surface area contributed by atoms with Crippen molar-refractivity contribution in [3.63, 3.8) is 0 Å². The van der Waals surface area contributed by atoms with Gasteiger partial charge in [-0.1, -0.05) is 31.5 Å². The van der Waals surface area contributed by atoms with E-state index in [1.54, 1.807) is 0 Å². The van der Waals surface area contributed by atoms with E-state index in [0.29, 0.717) is 6.42 Å². The van der Waals surface area contributed by atoms with Crippen LogP contribution in [0.15, 0.2) is 18.2 Å². The Bertz CT molecular complexity index is 477. The Kier molecular flexibility index (Phi) is 7.71. The van der Waals surface area contributed by atoms with Gasteiger partial charge in [0.1, 0.15) is 5.54 Å². The highest BCUT2D eigenvalue weighted by Gasteiger charge is 2.32. The molecule has 1 rings (SSSR count). The second-order valence-electron chi connectivity index (χ2n) is 5.59.